The summed E-state index contributed by atoms with van der Waals surface area (Å²) in [6, 6.07) is 4.30. The van der Waals surface area contributed by atoms with Crippen molar-refractivity contribution in [1.82, 2.24) is 0 Å². The second-order valence-electron chi connectivity index (χ2n) is 4.42. The fraction of sp³-hybridized carbons (Fsp3) is 0.385. The Labute approximate surface area is 117 Å². The van der Waals surface area contributed by atoms with E-state index in [-0.39, 0.29) is 16.5 Å². The molecule has 1 aromatic carbocycles. The number of hydrogen-bond donors (Lipinski definition) is 2. The van der Waals surface area contributed by atoms with Crippen LogP contribution < -0.4 is 11.1 Å². The van der Waals surface area contributed by atoms with Crippen LogP contribution in [0.1, 0.15) is 24.2 Å². The number of ether oxygens (including phenoxy) is 1. The van der Waals surface area contributed by atoms with Crippen LogP contribution in [0.3, 0.4) is 0 Å². The maximum absolute atomic E-state index is 11.7. The van der Waals surface area contributed by atoms with E-state index in [1.807, 2.05) is 13.8 Å². The molecule has 1 aromatic rings. The molecule has 0 bridgehead atoms. The predicted octanol–water partition coefficient (Wildman–Crippen LogP) is 2.05. The molecule has 6 heteroatoms. The van der Waals surface area contributed by atoms with Gasteiger partial charge in [-0.05, 0) is 18.1 Å². The quantitative estimate of drug-likeness (QED) is 0.811. The number of halogens is 1. The molecular formula is C13H17ClN2O3. The molecular weight excluding hydrogens is 268 g/mol. The van der Waals surface area contributed by atoms with Crippen molar-refractivity contribution in [2.75, 3.05) is 12.4 Å². The first-order valence-corrected chi connectivity index (χ1v) is 6.19. The zero-order valence-electron chi connectivity index (χ0n) is 11.1. The Morgan fingerprint density at radius 1 is 1.37 bits per heavy atom. The van der Waals surface area contributed by atoms with Gasteiger partial charge in [-0.3, -0.25) is 4.79 Å². The molecule has 0 fully saturated rings. The minimum atomic E-state index is -0.652. The number of benzene rings is 1. The second-order valence-corrected chi connectivity index (χ2v) is 4.82. The van der Waals surface area contributed by atoms with E-state index in [9.17, 15) is 9.59 Å². The van der Waals surface area contributed by atoms with Gasteiger partial charge < -0.3 is 15.8 Å². The van der Waals surface area contributed by atoms with E-state index in [1.165, 1.54) is 7.11 Å². The minimum Gasteiger partial charge on any atom is -0.467 e. The highest BCUT2D eigenvalue weighted by Gasteiger charge is 2.25. The Balaban J connectivity index is 3.13. The van der Waals surface area contributed by atoms with Crippen LogP contribution >= 0.6 is 11.6 Å². The highest BCUT2D eigenvalue weighted by Crippen LogP contribution is 2.25. The average molecular weight is 285 g/mol. The molecule has 0 heterocycles. The van der Waals surface area contributed by atoms with E-state index in [1.54, 1.807) is 18.2 Å². The van der Waals surface area contributed by atoms with Crippen molar-refractivity contribution in [2.45, 2.75) is 19.9 Å². The molecule has 0 saturated heterocycles. The fourth-order valence-corrected chi connectivity index (χ4v) is 1.95. The van der Waals surface area contributed by atoms with Gasteiger partial charge in [0.25, 0.3) is 5.91 Å². The monoisotopic (exact) mass is 284 g/mol. The maximum Gasteiger partial charge on any atom is 0.328 e. The lowest BCUT2D eigenvalue weighted by molar-refractivity contribution is -0.142. The van der Waals surface area contributed by atoms with Gasteiger partial charge in [0.2, 0.25) is 0 Å². The second kappa shape index (κ2) is 6.43. The molecule has 1 unspecified atom stereocenters. The van der Waals surface area contributed by atoms with Crippen LogP contribution in [0.25, 0.3) is 0 Å². The van der Waals surface area contributed by atoms with Crippen molar-refractivity contribution >= 4 is 29.2 Å². The van der Waals surface area contributed by atoms with Crippen molar-refractivity contribution in [3.8, 4) is 0 Å². The molecule has 1 atom stereocenters. The summed E-state index contributed by atoms with van der Waals surface area (Å²) >= 11 is 5.94. The number of nitrogens with two attached hydrogens (primary N) is 1. The van der Waals surface area contributed by atoms with Crippen molar-refractivity contribution in [3.63, 3.8) is 0 Å². The van der Waals surface area contributed by atoms with E-state index < -0.39 is 17.9 Å². The highest BCUT2D eigenvalue weighted by molar-refractivity contribution is 6.34. The van der Waals surface area contributed by atoms with Crippen molar-refractivity contribution in [3.05, 3.63) is 28.8 Å². The van der Waals surface area contributed by atoms with Crippen molar-refractivity contribution in [2.24, 2.45) is 11.7 Å². The van der Waals surface area contributed by atoms with E-state index in [4.69, 9.17) is 22.1 Å². The number of carbonyl (C=O) groups is 2. The van der Waals surface area contributed by atoms with Crippen LogP contribution in [-0.2, 0) is 9.53 Å². The fourth-order valence-electron chi connectivity index (χ4n) is 1.69. The lowest BCUT2D eigenvalue weighted by Gasteiger charge is -2.22. The average Bonchev–Trinajstić information content (AvgIpc) is 2.34. The third-order valence-electron chi connectivity index (χ3n) is 2.69. The summed E-state index contributed by atoms with van der Waals surface area (Å²) in [6.07, 6.45) is 0. The van der Waals surface area contributed by atoms with Crippen LogP contribution in [0.5, 0.6) is 0 Å². The van der Waals surface area contributed by atoms with Gasteiger partial charge in [-0.1, -0.05) is 31.5 Å². The summed E-state index contributed by atoms with van der Waals surface area (Å²) in [5.74, 6) is -1.09. The molecule has 5 nitrogen and oxygen atoms in total. The van der Waals surface area contributed by atoms with Crippen LogP contribution in [0.15, 0.2) is 18.2 Å². The topological polar surface area (TPSA) is 81.4 Å². The van der Waals surface area contributed by atoms with Gasteiger partial charge in [-0.15, -0.1) is 0 Å². The number of methoxy groups -OCH3 is 1. The first-order chi connectivity index (χ1) is 8.88. The van der Waals surface area contributed by atoms with Gasteiger partial charge in [0.1, 0.15) is 6.04 Å². The molecule has 0 aromatic heterocycles. The molecule has 19 heavy (non-hydrogen) atoms. The summed E-state index contributed by atoms with van der Waals surface area (Å²) in [6.45, 7) is 3.73. The molecule has 0 spiro atoms. The van der Waals surface area contributed by atoms with Gasteiger partial charge >= 0.3 is 5.97 Å². The molecule has 0 aliphatic heterocycles. The summed E-state index contributed by atoms with van der Waals surface area (Å²) < 4.78 is 4.73. The number of carbonyl (C=O) groups excluding carboxylic acids is 2. The minimum absolute atomic E-state index is 0.0211. The lowest BCUT2D eigenvalue weighted by Crippen LogP contribution is -2.36. The lowest BCUT2D eigenvalue weighted by atomic mass is 10.0. The van der Waals surface area contributed by atoms with E-state index in [0.29, 0.717) is 5.69 Å². The van der Waals surface area contributed by atoms with E-state index in [0.717, 1.165) is 0 Å². The van der Waals surface area contributed by atoms with Gasteiger partial charge in [-0.25, -0.2) is 4.79 Å². The van der Waals surface area contributed by atoms with Crippen molar-refractivity contribution in [1.29, 1.82) is 0 Å². The van der Waals surface area contributed by atoms with Crippen LogP contribution in [0, 0.1) is 5.92 Å². The molecule has 3 N–H and O–H groups in total. The molecule has 0 aliphatic carbocycles. The van der Waals surface area contributed by atoms with Crippen LogP contribution in [0.2, 0.25) is 5.02 Å². The van der Waals surface area contributed by atoms with Gasteiger partial charge in [0.05, 0.1) is 17.7 Å². The van der Waals surface area contributed by atoms with Gasteiger partial charge in [-0.2, -0.15) is 0 Å². The van der Waals surface area contributed by atoms with Gasteiger partial charge in [0.15, 0.2) is 0 Å². The number of nitrogens with one attached hydrogen (secondary N) is 1. The Hall–Kier alpha value is -1.75. The third kappa shape index (κ3) is 3.61. The number of esters is 1. The Bertz CT molecular complexity index is 489. The van der Waals surface area contributed by atoms with E-state index in [2.05, 4.69) is 5.32 Å². The number of rotatable bonds is 5. The first-order valence-electron chi connectivity index (χ1n) is 5.81. The van der Waals surface area contributed by atoms with Gasteiger partial charge in [0, 0.05) is 5.69 Å². The molecule has 0 radical (unpaired) electrons. The number of primary amides is 1. The zero-order chi connectivity index (χ0) is 14.6. The normalized spacial score (nSPS) is 12.1. The SMILES string of the molecule is COC(=O)C(Nc1cccc(Cl)c1C(N)=O)C(C)C. The predicted molar refractivity (Wildman–Crippen MR) is 74.2 cm³/mol. The molecule has 1 amide bonds. The molecule has 0 saturated carbocycles. The smallest absolute Gasteiger partial charge is 0.328 e. The maximum atomic E-state index is 11.7. The number of amides is 1. The Morgan fingerprint density at radius 2 is 2.00 bits per heavy atom. The molecule has 0 aliphatic rings. The summed E-state index contributed by atoms with van der Waals surface area (Å²) in [5.41, 5.74) is 5.88. The molecule has 1 rings (SSSR count). The summed E-state index contributed by atoms with van der Waals surface area (Å²) in [5, 5.41) is 3.20. The van der Waals surface area contributed by atoms with E-state index >= 15 is 0 Å². The van der Waals surface area contributed by atoms with Crippen LogP contribution in [-0.4, -0.2) is 25.0 Å². The first kappa shape index (κ1) is 15.3. The largest absolute Gasteiger partial charge is 0.467 e. The molecule has 104 valence electrons. The van der Waals surface area contributed by atoms with Crippen LogP contribution in [0.4, 0.5) is 5.69 Å². The number of anilines is 1. The summed E-state index contributed by atoms with van der Waals surface area (Å²) in [7, 11) is 1.31. The van der Waals surface area contributed by atoms with Crippen molar-refractivity contribution < 1.29 is 14.3 Å². The zero-order valence-corrected chi connectivity index (χ0v) is 11.8. The Kier molecular flexibility index (Phi) is 5.18. The standard InChI is InChI=1S/C13H17ClN2O3/c1-7(2)11(13(18)19-3)16-9-6-4-5-8(14)10(9)12(15)17/h4-7,11,16H,1-3H3,(H2,15,17). The number of hydrogen-bond acceptors (Lipinski definition) is 4. The Morgan fingerprint density at radius 3 is 2.47 bits per heavy atom. The third-order valence-corrected chi connectivity index (χ3v) is 3.01. The highest BCUT2D eigenvalue weighted by atomic mass is 35.5. The summed E-state index contributed by atoms with van der Waals surface area (Å²) in [4.78, 5) is 23.1.